The molecule has 0 saturated carbocycles. The van der Waals surface area contributed by atoms with Gasteiger partial charge >= 0.3 is 0 Å². The molecule has 2 saturated heterocycles. The molecule has 0 radical (unpaired) electrons. The SMILES string of the molecule is CC(C)CC(=O)N1[C@H](C)CC[C@@H]1c1ncc(-c2ccc(-c3ccc(-c4cnc([C@H]5CC[C@@H](C)N5C(=O)CC(C)C)[nH]4)c(F)c3)cc2)[nH]1. The number of hydrogen-bond acceptors (Lipinski definition) is 4. The fraction of sp³-hybridized carbons (Fsp3) is 0.474. The van der Waals surface area contributed by atoms with Crippen LogP contribution in [0, 0.1) is 17.7 Å². The number of nitrogens with zero attached hydrogens (tertiary/aromatic N) is 4. The van der Waals surface area contributed by atoms with Crippen LogP contribution in [-0.4, -0.2) is 53.6 Å². The second kappa shape index (κ2) is 13.5. The lowest BCUT2D eigenvalue weighted by atomic mass is 10.0. The molecule has 6 rings (SSSR count). The smallest absolute Gasteiger partial charge is 0.223 e. The van der Waals surface area contributed by atoms with E-state index in [1.165, 1.54) is 0 Å². The standard InChI is InChI=1S/C38H47FN6O2/c1-22(2)17-35(46)44-24(5)7-15-33(44)37-40-20-31(42-37)27-11-9-26(10-12-27)28-13-14-29(30(39)19-28)32-21-41-38(43-32)34-16-8-25(6)45(34)36(47)18-23(3)4/h9-14,19-25,33-34H,7-8,15-18H2,1-6H3,(H,40,42)(H,41,43)/t24-,25-,33-,34-/m1/s1. The van der Waals surface area contributed by atoms with Crippen molar-refractivity contribution in [2.75, 3.05) is 0 Å². The van der Waals surface area contributed by atoms with Gasteiger partial charge in [-0.1, -0.05) is 58.0 Å². The zero-order valence-corrected chi connectivity index (χ0v) is 28.4. The van der Waals surface area contributed by atoms with E-state index in [0.717, 1.165) is 53.9 Å². The minimum Gasteiger partial charge on any atom is -0.340 e. The van der Waals surface area contributed by atoms with Gasteiger partial charge in [0.25, 0.3) is 0 Å². The number of aromatic nitrogens is 4. The number of rotatable bonds is 9. The molecule has 2 aromatic heterocycles. The summed E-state index contributed by atoms with van der Waals surface area (Å²) in [6.07, 6.45) is 8.17. The van der Waals surface area contributed by atoms with Gasteiger partial charge < -0.3 is 19.8 Å². The quantitative estimate of drug-likeness (QED) is 0.192. The molecule has 9 heteroatoms. The number of amides is 2. The molecular weight excluding hydrogens is 591 g/mol. The maximum Gasteiger partial charge on any atom is 0.223 e. The summed E-state index contributed by atoms with van der Waals surface area (Å²) in [5.74, 6) is 2.12. The lowest BCUT2D eigenvalue weighted by Crippen LogP contribution is -2.36. The minimum absolute atomic E-state index is 0.0373. The highest BCUT2D eigenvalue weighted by Crippen LogP contribution is 2.38. The first-order valence-corrected chi connectivity index (χ1v) is 17.1. The van der Waals surface area contributed by atoms with Crippen LogP contribution in [0.3, 0.4) is 0 Å². The predicted octanol–water partition coefficient (Wildman–Crippen LogP) is 8.47. The van der Waals surface area contributed by atoms with Crippen LogP contribution >= 0.6 is 0 Å². The summed E-state index contributed by atoms with van der Waals surface area (Å²) in [5.41, 5.74) is 4.59. The number of aromatic amines is 2. The lowest BCUT2D eigenvalue weighted by molar-refractivity contribution is -0.135. The summed E-state index contributed by atoms with van der Waals surface area (Å²) in [6, 6.07) is 13.4. The van der Waals surface area contributed by atoms with Crippen LogP contribution in [0.1, 0.15) is 104 Å². The Balaban J connectivity index is 1.15. The fourth-order valence-corrected chi connectivity index (χ4v) is 7.31. The van der Waals surface area contributed by atoms with Crippen LogP contribution in [0.15, 0.2) is 54.9 Å². The average Bonchev–Trinajstić information content (AvgIpc) is 3.83. The Kier molecular flexibility index (Phi) is 9.35. The molecule has 4 aromatic rings. The fourth-order valence-electron chi connectivity index (χ4n) is 7.31. The highest BCUT2D eigenvalue weighted by molar-refractivity contribution is 5.78. The molecule has 2 aliphatic heterocycles. The van der Waals surface area contributed by atoms with E-state index in [2.05, 4.69) is 61.5 Å². The van der Waals surface area contributed by atoms with Crippen molar-refractivity contribution in [3.8, 4) is 33.6 Å². The molecule has 2 amide bonds. The summed E-state index contributed by atoms with van der Waals surface area (Å²) in [7, 11) is 0. The molecule has 2 N–H and O–H groups in total. The van der Waals surface area contributed by atoms with Gasteiger partial charge in [-0.15, -0.1) is 0 Å². The van der Waals surface area contributed by atoms with Crippen LogP contribution in [-0.2, 0) is 9.59 Å². The Hall–Kier alpha value is -4.27. The van der Waals surface area contributed by atoms with Gasteiger partial charge in [-0.2, -0.15) is 0 Å². The first-order chi connectivity index (χ1) is 22.5. The van der Waals surface area contributed by atoms with Crippen molar-refractivity contribution in [2.24, 2.45) is 11.8 Å². The summed E-state index contributed by atoms with van der Waals surface area (Å²) in [5, 5.41) is 0. The summed E-state index contributed by atoms with van der Waals surface area (Å²) >= 11 is 0. The number of imidazole rings is 2. The normalized spacial score (nSPS) is 21.4. The van der Waals surface area contributed by atoms with Gasteiger partial charge in [0.2, 0.25) is 11.8 Å². The summed E-state index contributed by atoms with van der Waals surface area (Å²) in [6.45, 7) is 12.5. The third-order valence-electron chi connectivity index (χ3n) is 9.69. The van der Waals surface area contributed by atoms with E-state index >= 15 is 4.39 Å². The van der Waals surface area contributed by atoms with Gasteiger partial charge in [0.1, 0.15) is 17.5 Å². The number of nitrogens with one attached hydrogen (secondary N) is 2. The predicted molar refractivity (Wildman–Crippen MR) is 182 cm³/mol. The van der Waals surface area contributed by atoms with Crippen molar-refractivity contribution in [3.63, 3.8) is 0 Å². The van der Waals surface area contributed by atoms with E-state index in [9.17, 15) is 9.59 Å². The zero-order chi connectivity index (χ0) is 33.4. The van der Waals surface area contributed by atoms with Crippen LogP contribution in [0.5, 0.6) is 0 Å². The van der Waals surface area contributed by atoms with Crippen molar-refractivity contribution < 1.29 is 14.0 Å². The summed E-state index contributed by atoms with van der Waals surface area (Å²) in [4.78, 5) is 46.0. The number of H-pyrrole nitrogens is 2. The maximum absolute atomic E-state index is 15.5. The van der Waals surface area contributed by atoms with Crippen LogP contribution in [0.4, 0.5) is 4.39 Å². The van der Waals surface area contributed by atoms with Crippen LogP contribution in [0.2, 0.25) is 0 Å². The Morgan fingerprint density at radius 2 is 1.19 bits per heavy atom. The Bertz CT molecular complexity index is 1720. The van der Waals surface area contributed by atoms with E-state index in [-0.39, 0.29) is 47.7 Å². The van der Waals surface area contributed by atoms with E-state index in [4.69, 9.17) is 0 Å². The molecule has 2 fully saturated rings. The molecule has 8 nitrogen and oxygen atoms in total. The third-order valence-corrected chi connectivity index (χ3v) is 9.69. The molecule has 2 aliphatic rings. The average molecular weight is 639 g/mol. The number of likely N-dealkylation sites (tertiary alicyclic amines) is 2. The number of benzene rings is 2. The molecule has 248 valence electrons. The highest BCUT2D eigenvalue weighted by Gasteiger charge is 2.38. The molecule has 0 spiro atoms. The van der Waals surface area contributed by atoms with Gasteiger partial charge in [0.05, 0.1) is 35.9 Å². The molecular formula is C38H47FN6O2. The topological polar surface area (TPSA) is 98.0 Å². The summed E-state index contributed by atoms with van der Waals surface area (Å²) < 4.78 is 15.5. The molecule has 47 heavy (non-hydrogen) atoms. The molecule has 0 unspecified atom stereocenters. The molecule has 0 aliphatic carbocycles. The lowest BCUT2D eigenvalue weighted by Gasteiger charge is -2.28. The Labute approximate surface area is 277 Å². The molecule has 0 bridgehead atoms. The van der Waals surface area contributed by atoms with E-state index in [1.807, 2.05) is 46.3 Å². The second-order valence-corrected chi connectivity index (χ2v) is 14.3. The third kappa shape index (κ3) is 6.76. The number of halogens is 1. The van der Waals surface area contributed by atoms with Gasteiger partial charge in [0.15, 0.2) is 0 Å². The number of carbonyl (C=O) groups is 2. The van der Waals surface area contributed by atoms with Crippen molar-refractivity contribution in [1.29, 1.82) is 0 Å². The second-order valence-electron chi connectivity index (χ2n) is 14.3. The largest absolute Gasteiger partial charge is 0.340 e. The van der Waals surface area contributed by atoms with E-state index < -0.39 is 0 Å². The van der Waals surface area contributed by atoms with Crippen molar-refractivity contribution in [3.05, 3.63) is 72.3 Å². The molecule has 4 atom stereocenters. The first kappa shape index (κ1) is 32.7. The minimum atomic E-state index is -0.338. The first-order valence-electron chi connectivity index (χ1n) is 17.1. The van der Waals surface area contributed by atoms with Crippen LogP contribution < -0.4 is 0 Å². The van der Waals surface area contributed by atoms with Gasteiger partial charge in [-0.3, -0.25) is 9.59 Å². The van der Waals surface area contributed by atoms with E-state index in [0.29, 0.717) is 35.8 Å². The zero-order valence-electron chi connectivity index (χ0n) is 28.4. The highest BCUT2D eigenvalue weighted by atomic mass is 19.1. The Morgan fingerprint density at radius 1 is 0.723 bits per heavy atom. The van der Waals surface area contributed by atoms with Gasteiger partial charge in [-0.05, 0) is 80.2 Å². The van der Waals surface area contributed by atoms with Crippen molar-refractivity contribution in [1.82, 2.24) is 29.7 Å². The van der Waals surface area contributed by atoms with E-state index in [1.54, 1.807) is 18.3 Å². The van der Waals surface area contributed by atoms with Crippen LogP contribution in [0.25, 0.3) is 33.6 Å². The monoisotopic (exact) mass is 638 g/mol. The molecule has 4 heterocycles. The Morgan fingerprint density at radius 3 is 1.70 bits per heavy atom. The van der Waals surface area contributed by atoms with Crippen molar-refractivity contribution >= 4 is 11.8 Å². The van der Waals surface area contributed by atoms with Crippen molar-refractivity contribution in [2.45, 2.75) is 104 Å². The number of carbonyl (C=O) groups excluding carboxylic acids is 2. The van der Waals surface area contributed by atoms with Gasteiger partial charge in [0, 0.05) is 30.5 Å². The maximum atomic E-state index is 15.5. The number of hydrogen-bond donors (Lipinski definition) is 2. The van der Waals surface area contributed by atoms with Gasteiger partial charge in [-0.25, -0.2) is 14.4 Å². The molecule has 2 aromatic carbocycles.